The molecule has 2 aliphatic heterocycles. The summed E-state index contributed by atoms with van der Waals surface area (Å²) in [5.41, 5.74) is 0.853. The Morgan fingerprint density at radius 1 is 1.38 bits per heavy atom. The molecule has 2 fully saturated rings. The fourth-order valence-electron chi connectivity index (χ4n) is 3.78. The highest BCUT2D eigenvalue weighted by Crippen LogP contribution is 2.42. The standard InChI is InChI=1S/C15H17FN6O.ClH/c16-12-3-1-2-10(4-12)15-13-6-17-5-11(13)7-22(15)14(23)8-21-9-18-19-20-21;/h1-4,9,11,13,15,17H,5-8H2;1H/t11-,13-,15-;/m0./s1. The zero-order valence-electron chi connectivity index (χ0n) is 12.9. The highest BCUT2D eigenvalue weighted by molar-refractivity contribution is 5.85. The molecule has 0 spiro atoms. The predicted octanol–water partition coefficient (Wildman–Crippen LogP) is 0.653. The molecule has 9 heteroatoms. The monoisotopic (exact) mass is 352 g/mol. The summed E-state index contributed by atoms with van der Waals surface area (Å²) in [4.78, 5) is 14.6. The first-order valence-corrected chi connectivity index (χ1v) is 7.69. The molecule has 24 heavy (non-hydrogen) atoms. The topological polar surface area (TPSA) is 75.9 Å². The first kappa shape index (κ1) is 16.8. The molecule has 0 saturated carbocycles. The first-order valence-electron chi connectivity index (χ1n) is 7.69. The molecule has 0 unspecified atom stereocenters. The fourth-order valence-corrected chi connectivity index (χ4v) is 3.78. The van der Waals surface area contributed by atoms with Crippen LogP contribution in [0.3, 0.4) is 0 Å². The van der Waals surface area contributed by atoms with Crippen molar-refractivity contribution in [2.75, 3.05) is 19.6 Å². The Bertz CT molecular complexity index is 712. The summed E-state index contributed by atoms with van der Waals surface area (Å²) in [6.07, 6.45) is 1.42. The third-order valence-electron chi connectivity index (χ3n) is 4.76. The molecule has 2 saturated heterocycles. The number of carbonyl (C=O) groups excluding carboxylic acids is 1. The maximum absolute atomic E-state index is 13.6. The molecule has 3 atom stereocenters. The highest BCUT2D eigenvalue weighted by atomic mass is 35.5. The predicted molar refractivity (Wildman–Crippen MR) is 85.8 cm³/mol. The number of likely N-dealkylation sites (tertiary alicyclic amines) is 1. The van der Waals surface area contributed by atoms with Gasteiger partial charge in [0.1, 0.15) is 18.7 Å². The Morgan fingerprint density at radius 3 is 3.00 bits per heavy atom. The van der Waals surface area contributed by atoms with Crippen LogP contribution in [0.2, 0.25) is 0 Å². The van der Waals surface area contributed by atoms with E-state index in [4.69, 9.17) is 0 Å². The highest BCUT2D eigenvalue weighted by Gasteiger charge is 2.46. The molecule has 128 valence electrons. The lowest BCUT2D eigenvalue weighted by Crippen LogP contribution is -2.37. The zero-order valence-corrected chi connectivity index (χ0v) is 13.7. The molecule has 1 N–H and O–H groups in total. The van der Waals surface area contributed by atoms with Crippen LogP contribution < -0.4 is 5.32 Å². The molecule has 0 radical (unpaired) electrons. The second-order valence-electron chi connectivity index (χ2n) is 6.14. The average molecular weight is 353 g/mol. The lowest BCUT2D eigenvalue weighted by atomic mass is 9.89. The van der Waals surface area contributed by atoms with E-state index in [9.17, 15) is 9.18 Å². The van der Waals surface area contributed by atoms with Gasteiger partial charge in [-0.3, -0.25) is 4.79 Å². The van der Waals surface area contributed by atoms with Crippen molar-refractivity contribution in [2.24, 2.45) is 11.8 Å². The van der Waals surface area contributed by atoms with Crippen molar-refractivity contribution >= 4 is 18.3 Å². The first-order chi connectivity index (χ1) is 11.2. The zero-order chi connectivity index (χ0) is 15.8. The Balaban J connectivity index is 0.00000169. The van der Waals surface area contributed by atoms with Crippen LogP contribution in [0.15, 0.2) is 30.6 Å². The molecular formula is C15H18ClFN6O. The van der Waals surface area contributed by atoms with Crippen LogP contribution in [0.5, 0.6) is 0 Å². The SMILES string of the molecule is Cl.O=C(Cn1cnnn1)N1C[C@@H]2CNC[C@@H]2[C@@H]1c1cccc(F)c1. The molecule has 7 nitrogen and oxygen atoms in total. The maximum atomic E-state index is 13.6. The number of nitrogens with one attached hydrogen (secondary N) is 1. The van der Waals surface area contributed by atoms with Crippen LogP contribution in [0.4, 0.5) is 4.39 Å². The third kappa shape index (κ3) is 2.99. The van der Waals surface area contributed by atoms with Crippen molar-refractivity contribution in [1.29, 1.82) is 0 Å². The van der Waals surface area contributed by atoms with Crippen LogP contribution in [-0.4, -0.2) is 50.6 Å². The van der Waals surface area contributed by atoms with Crippen molar-refractivity contribution in [3.63, 3.8) is 0 Å². The van der Waals surface area contributed by atoms with Crippen LogP contribution >= 0.6 is 12.4 Å². The second kappa shape index (κ2) is 6.82. The molecule has 1 aromatic carbocycles. The summed E-state index contributed by atoms with van der Waals surface area (Å²) < 4.78 is 15.1. The summed E-state index contributed by atoms with van der Waals surface area (Å²) >= 11 is 0. The number of nitrogens with zero attached hydrogens (tertiary/aromatic N) is 5. The van der Waals surface area contributed by atoms with E-state index in [-0.39, 0.29) is 36.7 Å². The number of tetrazole rings is 1. The van der Waals surface area contributed by atoms with Crippen LogP contribution in [0, 0.1) is 17.7 Å². The minimum Gasteiger partial charge on any atom is -0.333 e. The fraction of sp³-hybridized carbons (Fsp3) is 0.467. The maximum Gasteiger partial charge on any atom is 0.244 e. The summed E-state index contributed by atoms with van der Waals surface area (Å²) in [6.45, 7) is 2.52. The van der Waals surface area contributed by atoms with Gasteiger partial charge in [0.25, 0.3) is 0 Å². The largest absolute Gasteiger partial charge is 0.333 e. The number of hydrogen-bond donors (Lipinski definition) is 1. The minimum atomic E-state index is -0.273. The summed E-state index contributed by atoms with van der Waals surface area (Å²) in [7, 11) is 0. The van der Waals surface area contributed by atoms with Gasteiger partial charge in [0.05, 0.1) is 6.04 Å². The van der Waals surface area contributed by atoms with E-state index in [2.05, 4.69) is 20.8 Å². The van der Waals surface area contributed by atoms with E-state index in [1.165, 1.54) is 23.1 Å². The van der Waals surface area contributed by atoms with E-state index < -0.39 is 0 Å². The minimum absolute atomic E-state index is 0. The van der Waals surface area contributed by atoms with Crippen molar-refractivity contribution in [1.82, 2.24) is 30.4 Å². The smallest absolute Gasteiger partial charge is 0.244 e. The van der Waals surface area contributed by atoms with Gasteiger partial charge in [-0.05, 0) is 34.0 Å². The van der Waals surface area contributed by atoms with Crippen LogP contribution in [0.25, 0.3) is 0 Å². The number of hydrogen-bond acceptors (Lipinski definition) is 5. The van der Waals surface area contributed by atoms with Gasteiger partial charge >= 0.3 is 0 Å². The van der Waals surface area contributed by atoms with E-state index >= 15 is 0 Å². The van der Waals surface area contributed by atoms with Gasteiger partial charge in [-0.15, -0.1) is 17.5 Å². The molecular weight excluding hydrogens is 335 g/mol. The van der Waals surface area contributed by atoms with Gasteiger partial charge in [-0.1, -0.05) is 12.1 Å². The van der Waals surface area contributed by atoms with Gasteiger partial charge < -0.3 is 10.2 Å². The van der Waals surface area contributed by atoms with Crippen molar-refractivity contribution in [2.45, 2.75) is 12.6 Å². The van der Waals surface area contributed by atoms with Gasteiger partial charge in [0, 0.05) is 25.6 Å². The van der Waals surface area contributed by atoms with Gasteiger partial charge in [-0.25, -0.2) is 9.07 Å². The molecule has 1 aromatic heterocycles. The molecule has 0 bridgehead atoms. The molecule has 4 rings (SSSR count). The van der Waals surface area contributed by atoms with E-state index in [0.29, 0.717) is 18.4 Å². The van der Waals surface area contributed by atoms with Crippen molar-refractivity contribution < 1.29 is 9.18 Å². The number of aromatic nitrogens is 4. The summed E-state index contributed by atoms with van der Waals surface area (Å²) in [6, 6.07) is 6.45. The van der Waals surface area contributed by atoms with Crippen molar-refractivity contribution in [3.8, 4) is 0 Å². The number of benzene rings is 1. The Hall–Kier alpha value is -2.06. The quantitative estimate of drug-likeness (QED) is 0.878. The average Bonchev–Trinajstić information content (AvgIpc) is 3.23. The van der Waals surface area contributed by atoms with Gasteiger partial charge in [-0.2, -0.15) is 0 Å². The van der Waals surface area contributed by atoms with Gasteiger partial charge in [0.15, 0.2) is 0 Å². The van der Waals surface area contributed by atoms with E-state index in [1.807, 2.05) is 11.0 Å². The summed E-state index contributed by atoms with van der Waals surface area (Å²) in [5, 5.41) is 14.2. The normalized spacial score (nSPS) is 25.4. The van der Waals surface area contributed by atoms with Gasteiger partial charge in [0.2, 0.25) is 5.91 Å². The molecule has 3 heterocycles. The molecule has 1 amide bonds. The second-order valence-corrected chi connectivity index (χ2v) is 6.14. The lowest BCUT2D eigenvalue weighted by molar-refractivity contribution is -0.133. The number of amides is 1. The Labute approximate surface area is 144 Å². The van der Waals surface area contributed by atoms with E-state index in [0.717, 1.165) is 18.7 Å². The number of carbonyl (C=O) groups is 1. The number of halogens is 2. The number of rotatable bonds is 3. The Kier molecular flexibility index (Phi) is 4.77. The molecule has 2 aliphatic rings. The summed E-state index contributed by atoms with van der Waals surface area (Å²) in [5.74, 6) is 0.404. The number of fused-ring (bicyclic) bond motifs is 1. The van der Waals surface area contributed by atoms with E-state index in [1.54, 1.807) is 6.07 Å². The Morgan fingerprint density at radius 2 is 2.25 bits per heavy atom. The lowest BCUT2D eigenvalue weighted by Gasteiger charge is -2.28. The third-order valence-corrected chi connectivity index (χ3v) is 4.76. The molecule has 0 aliphatic carbocycles. The van der Waals surface area contributed by atoms with Crippen molar-refractivity contribution in [3.05, 3.63) is 42.0 Å². The van der Waals surface area contributed by atoms with Crippen LogP contribution in [0.1, 0.15) is 11.6 Å². The molecule has 2 aromatic rings. The van der Waals surface area contributed by atoms with Crippen LogP contribution in [-0.2, 0) is 11.3 Å².